The number of nitro groups is 1. The third-order valence-corrected chi connectivity index (χ3v) is 6.32. The van der Waals surface area contributed by atoms with E-state index in [-0.39, 0.29) is 16.8 Å². The highest BCUT2D eigenvalue weighted by Crippen LogP contribution is 2.28. The van der Waals surface area contributed by atoms with Crippen molar-refractivity contribution in [3.63, 3.8) is 0 Å². The molecule has 1 unspecified atom stereocenters. The van der Waals surface area contributed by atoms with E-state index in [4.69, 9.17) is 0 Å². The molecule has 2 aromatic carbocycles. The van der Waals surface area contributed by atoms with E-state index in [1.54, 1.807) is 12.1 Å². The summed E-state index contributed by atoms with van der Waals surface area (Å²) in [5.41, 5.74) is 3.89. The molecule has 3 rings (SSSR count). The summed E-state index contributed by atoms with van der Waals surface area (Å²) in [7, 11) is 0. The Morgan fingerprint density at radius 2 is 1.71 bits per heavy atom. The van der Waals surface area contributed by atoms with Gasteiger partial charge in [-0.05, 0) is 50.1 Å². The summed E-state index contributed by atoms with van der Waals surface area (Å²) < 4.78 is 0. The molecule has 28 heavy (non-hydrogen) atoms. The number of carbonyl (C=O) groups excluding carboxylic acids is 1. The molecular formula is C21H25N3O3S. The standard InChI is InChI=1S/C21H25N3O3S/c1-15-5-4-6-20(16(15)2)22-11-13-23(14-12-22)21(25)17(3)28-19-9-7-18(8-10-19)24(26)27/h4-10,17H,11-14H2,1-3H3. The Hall–Kier alpha value is -2.54. The molecule has 0 radical (unpaired) electrons. The van der Waals surface area contributed by atoms with E-state index in [0.29, 0.717) is 13.1 Å². The van der Waals surface area contributed by atoms with Crippen molar-refractivity contribution in [1.29, 1.82) is 0 Å². The first-order chi connectivity index (χ1) is 13.4. The smallest absolute Gasteiger partial charge is 0.269 e. The van der Waals surface area contributed by atoms with Crippen molar-refractivity contribution < 1.29 is 9.72 Å². The van der Waals surface area contributed by atoms with Gasteiger partial charge in [-0.25, -0.2) is 0 Å². The average molecular weight is 400 g/mol. The molecule has 0 N–H and O–H groups in total. The lowest BCUT2D eigenvalue weighted by Gasteiger charge is -2.38. The Balaban J connectivity index is 1.57. The van der Waals surface area contributed by atoms with Crippen LogP contribution in [0.2, 0.25) is 0 Å². The monoisotopic (exact) mass is 399 g/mol. The molecule has 1 aliphatic heterocycles. The molecule has 1 atom stereocenters. The highest BCUT2D eigenvalue weighted by Gasteiger charge is 2.26. The van der Waals surface area contributed by atoms with E-state index in [2.05, 4.69) is 36.9 Å². The Bertz CT molecular complexity index is 862. The van der Waals surface area contributed by atoms with Gasteiger partial charge in [0.15, 0.2) is 0 Å². The van der Waals surface area contributed by atoms with Crippen molar-refractivity contribution in [1.82, 2.24) is 4.90 Å². The molecule has 2 aromatic rings. The van der Waals surface area contributed by atoms with E-state index in [1.165, 1.54) is 40.7 Å². The third-order valence-electron chi connectivity index (χ3n) is 5.22. The molecular weight excluding hydrogens is 374 g/mol. The zero-order valence-corrected chi connectivity index (χ0v) is 17.2. The summed E-state index contributed by atoms with van der Waals surface area (Å²) in [6, 6.07) is 12.7. The van der Waals surface area contributed by atoms with Crippen molar-refractivity contribution in [2.24, 2.45) is 0 Å². The number of benzene rings is 2. The van der Waals surface area contributed by atoms with Crippen LogP contribution in [0.25, 0.3) is 0 Å². The van der Waals surface area contributed by atoms with Gasteiger partial charge in [0.2, 0.25) is 5.91 Å². The van der Waals surface area contributed by atoms with E-state index in [1.807, 2.05) is 11.8 Å². The maximum atomic E-state index is 12.8. The number of nitro benzene ring substituents is 1. The summed E-state index contributed by atoms with van der Waals surface area (Å²) in [5.74, 6) is 0.115. The number of aryl methyl sites for hydroxylation is 1. The van der Waals surface area contributed by atoms with E-state index in [0.717, 1.165) is 18.0 Å². The number of amides is 1. The van der Waals surface area contributed by atoms with Gasteiger partial charge in [-0.2, -0.15) is 0 Å². The van der Waals surface area contributed by atoms with Gasteiger partial charge < -0.3 is 9.80 Å². The lowest BCUT2D eigenvalue weighted by molar-refractivity contribution is -0.384. The molecule has 1 saturated heterocycles. The molecule has 0 saturated carbocycles. The number of anilines is 1. The number of carbonyl (C=O) groups is 1. The van der Waals surface area contributed by atoms with E-state index in [9.17, 15) is 14.9 Å². The maximum Gasteiger partial charge on any atom is 0.269 e. The number of piperazine rings is 1. The average Bonchev–Trinajstić information content (AvgIpc) is 2.70. The second-order valence-corrected chi connectivity index (χ2v) is 8.46. The van der Waals surface area contributed by atoms with Gasteiger partial charge in [-0.15, -0.1) is 11.8 Å². The fraction of sp³-hybridized carbons (Fsp3) is 0.381. The number of nitrogens with zero attached hydrogens (tertiary/aromatic N) is 3. The number of rotatable bonds is 5. The number of hydrogen-bond acceptors (Lipinski definition) is 5. The molecule has 7 heteroatoms. The minimum Gasteiger partial charge on any atom is -0.368 e. The van der Waals surface area contributed by atoms with Crippen molar-refractivity contribution in [2.75, 3.05) is 31.1 Å². The topological polar surface area (TPSA) is 66.7 Å². The minimum absolute atomic E-state index is 0.0610. The molecule has 1 fully saturated rings. The van der Waals surface area contributed by atoms with Gasteiger partial charge in [0.05, 0.1) is 10.2 Å². The van der Waals surface area contributed by atoms with Crippen LogP contribution < -0.4 is 4.90 Å². The van der Waals surface area contributed by atoms with Gasteiger partial charge in [0.25, 0.3) is 5.69 Å². The van der Waals surface area contributed by atoms with Crippen molar-refractivity contribution in [3.05, 3.63) is 63.7 Å². The van der Waals surface area contributed by atoms with Gasteiger partial charge in [0, 0.05) is 48.9 Å². The summed E-state index contributed by atoms with van der Waals surface area (Å²) in [5, 5.41) is 10.5. The minimum atomic E-state index is -0.418. The molecule has 148 valence electrons. The van der Waals surface area contributed by atoms with Crippen LogP contribution in [-0.2, 0) is 4.79 Å². The van der Waals surface area contributed by atoms with Crippen molar-refractivity contribution in [2.45, 2.75) is 30.9 Å². The summed E-state index contributed by atoms with van der Waals surface area (Å²) in [4.78, 5) is 28.3. The van der Waals surface area contributed by atoms with Crippen LogP contribution >= 0.6 is 11.8 Å². The first kappa shape index (κ1) is 20.2. The normalized spacial score (nSPS) is 15.4. The largest absolute Gasteiger partial charge is 0.368 e. The summed E-state index contributed by atoms with van der Waals surface area (Å²) in [6.07, 6.45) is 0. The predicted octanol–water partition coefficient (Wildman–Crippen LogP) is 4.04. The van der Waals surface area contributed by atoms with Crippen LogP contribution in [0.3, 0.4) is 0 Å². The van der Waals surface area contributed by atoms with Crippen molar-refractivity contribution in [3.8, 4) is 0 Å². The fourth-order valence-corrected chi connectivity index (χ4v) is 4.36. The Morgan fingerprint density at radius 3 is 2.32 bits per heavy atom. The highest BCUT2D eigenvalue weighted by molar-refractivity contribution is 8.00. The lowest BCUT2D eigenvalue weighted by atomic mass is 10.1. The molecule has 0 bridgehead atoms. The highest BCUT2D eigenvalue weighted by atomic mass is 32.2. The molecule has 1 amide bonds. The second kappa shape index (κ2) is 8.65. The van der Waals surface area contributed by atoms with E-state index < -0.39 is 4.92 Å². The molecule has 0 aromatic heterocycles. The fourth-order valence-electron chi connectivity index (χ4n) is 3.40. The van der Waals surface area contributed by atoms with Gasteiger partial charge in [0.1, 0.15) is 0 Å². The molecule has 6 nitrogen and oxygen atoms in total. The van der Waals surface area contributed by atoms with Gasteiger partial charge in [-0.1, -0.05) is 12.1 Å². The zero-order valence-electron chi connectivity index (χ0n) is 16.4. The van der Waals surface area contributed by atoms with Crippen LogP contribution in [0.15, 0.2) is 47.4 Å². The molecule has 1 heterocycles. The van der Waals surface area contributed by atoms with Crippen LogP contribution in [0.4, 0.5) is 11.4 Å². The van der Waals surface area contributed by atoms with Gasteiger partial charge in [-0.3, -0.25) is 14.9 Å². The van der Waals surface area contributed by atoms with Crippen molar-refractivity contribution >= 4 is 29.0 Å². The maximum absolute atomic E-state index is 12.8. The first-order valence-corrected chi connectivity index (χ1v) is 10.3. The Morgan fingerprint density at radius 1 is 1.07 bits per heavy atom. The molecule has 0 aliphatic carbocycles. The Kier molecular flexibility index (Phi) is 6.24. The van der Waals surface area contributed by atoms with Gasteiger partial charge >= 0.3 is 0 Å². The summed E-state index contributed by atoms with van der Waals surface area (Å²) in [6.45, 7) is 9.22. The molecule has 0 spiro atoms. The van der Waals surface area contributed by atoms with Crippen LogP contribution in [0, 0.1) is 24.0 Å². The second-order valence-electron chi connectivity index (χ2n) is 7.04. The number of thioether (sulfide) groups is 1. The van der Waals surface area contributed by atoms with Crippen LogP contribution in [0.1, 0.15) is 18.1 Å². The third kappa shape index (κ3) is 4.47. The molecule has 1 aliphatic rings. The first-order valence-electron chi connectivity index (χ1n) is 9.38. The van der Waals surface area contributed by atoms with Crippen LogP contribution in [0.5, 0.6) is 0 Å². The quantitative estimate of drug-likeness (QED) is 0.431. The lowest BCUT2D eigenvalue weighted by Crippen LogP contribution is -2.50. The van der Waals surface area contributed by atoms with E-state index >= 15 is 0 Å². The SMILES string of the molecule is Cc1cccc(N2CCN(C(=O)C(C)Sc3ccc([N+](=O)[O-])cc3)CC2)c1C. The van der Waals surface area contributed by atoms with Crippen LogP contribution in [-0.4, -0.2) is 47.2 Å². The zero-order chi connectivity index (χ0) is 20.3. The summed E-state index contributed by atoms with van der Waals surface area (Å²) >= 11 is 1.44. The number of non-ortho nitro benzene ring substituents is 1. The predicted molar refractivity (Wildman–Crippen MR) is 113 cm³/mol. The number of hydrogen-bond donors (Lipinski definition) is 0. The Labute approximate surface area is 169 Å².